The van der Waals surface area contributed by atoms with E-state index in [9.17, 15) is 0 Å². The smallest absolute Gasteiger partial charge is 0.0249 e. The Morgan fingerprint density at radius 2 is 1.56 bits per heavy atom. The van der Waals surface area contributed by atoms with E-state index in [0.29, 0.717) is 16.2 Å². The van der Waals surface area contributed by atoms with E-state index in [2.05, 4.69) is 54.7 Å². The maximum absolute atomic E-state index is 4.28. The van der Waals surface area contributed by atoms with Crippen molar-refractivity contribution >= 4 is 0 Å². The van der Waals surface area contributed by atoms with E-state index >= 15 is 0 Å². The van der Waals surface area contributed by atoms with E-state index in [1.54, 1.807) is 0 Å². The molecule has 3 fully saturated rings. The van der Waals surface area contributed by atoms with Crippen LogP contribution in [0, 0.1) is 45.8 Å². The molecular formula is C25H42. The van der Waals surface area contributed by atoms with Crippen molar-refractivity contribution in [1.29, 1.82) is 0 Å². The van der Waals surface area contributed by atoms with Crippen LogP contribution in [0.3, 0.4) is 0 Å². The molecule has 0 N–H and O–H groups in total. The lowest BCUT2D eigenvalue weighted by Crippen LogP contribution is -2.60. The first kappa shape index (κ1) is 19.2. The largest absolute Gasteiger partial charge is 0.0988 e. The minimum absolute atomic E-state index is 0.492. The highest BCUT2D eigenvalue weighted by molar-refractivity contribution is 5.17. The third-order valence-electron chi connectivity index (χ3n) is 9.86. The maximum Gasteiger partial charge on any atom is -0.0249 e. The van der Waals surface area contributed by atoms with Gasteiger partial charge in [0.1, 0.15) is 0 Å². The number of fused-ring (bicyclic) bond motifs is 3. The first-order valence-corrected chi connectivity index (χ1v) is 10.9. The molecule has 142 valence electrons. The van der Waals surface area contributed by atoms with Gasteiger partial charge in [-0.15, -0.1) is 0 Å². The van der Waals surface area contributed by atoms with Crippen molar-refractivity contribution < 1.29 is 0 Å². The average Bonchev–Trinajstić information content (AvgIpc) is 2.54. The minimum atomic E-state index is 0.492. The number of rotatable bonds is 3. The Labute approximate surface area is 157 Å². The van der Waals surface area contributed by atoms with Crippen LogP contribution in [-0.2, 0) is 0 Å². The summed E-state index contributed by atoms with van der Waals surface area (Å²) >= 11 is 0. The van der Waals surface area contributed by atoms with Gasteiger partial charge in [-0.2, -0.15) is 0 Å². The van der Waals surface area contributed by atoms with Gasteiger partial charge in [-0.05, 0) is 84.4 Å². The Hall–Kier alpha value is -0.520. The summed E-state index contributed by atoms with van der Waals surface area (Å²) in [6.07, 6.45) is 11.8. The van der Waals surface area contributed by atoms with Crippen LogP contribution in [0.25, 0.3) is 0 Å². The quantitative estimate of drug-likeness (QED) is 0.462. The molecule has 0 bridgehead atoms. The second kappa shape index (κ2) is 6.28. The second-order valence-electron chi connectivity index (χ2n) is 11.1. The van der Waals surface area contributed by atoms with Gasteiger partial charge >= 0.3 is 0 Å². The summed E-state index contributed by atoms with van der Waals surface area (Å²) in [5.74, 6) is 4.28. The van der Waals surface area contributed by atoms with Crippen molar-refractivity contribution in [2.45, 2.75) is 86.5 Å². The van der Waals surface area contributed by atoms with Crippen molar-refractivity contribution in [2.75, 3.05) is 0 Å². The van der Waals surface area contributed by atoms with E-state index in [1.165, 1.54) is 44.1 Å². The summed E-state index contributed by atoms with van der Waals surface area (Å²) in [6, 6.07) is 0. The molecule has 3 rings (SSSR count). The van der Waals surface area contributed by atoms with Gasteiger partial charge in [0, 0.05) is 0 Å². The van der Waals surface area contributed by atoms with E-state index < -0.39 is 0 Å². The Morgan fingerprint density at radius 1 is 0.920 bits per heavy atom. The molecule has 3 aliphatic rings. The summed E-state index contributed by atoms with van der Waals surface area (Å²) in [5.41, 5.74) is 2.78. The fraction of sp³-hybridized carbons (Fsp3) is 0.840. The van der Waals surface area contributed by atoms with Crippen molar-refractivity contribution in [1.82, 2.24) is 0 Å². The standard InChI is InChI=1S/C25H42/c1-9-17(2)16-20-18(3)10-11-22-24(20,7)15-13-21-23(5,6)19(4)12-14-25(21,22)8/h9,18-22H,1-2,10-16H2,3-8H3. The van der Waals surface area contributed by atoms with Crippen molar-refractivity contribution in [3.05, 3.63) is 24.8 Å². The lowest BCUT2D eigenvalue weighted by atomic mass is 9.37. The van der Waals surface area contributed by atoms with E-state index in [-0.39, 0.29) is 0 Å². The topological polar surface area (TPSA) is 0 Å². The van der Waals surface area contributed by atoms with E-state index in [0.717, 1.165) is 36.0 Å². The zero-order valence-electron chi connectivity index (χ0n) is 17.8. The Balaban J connectivity index is 1.97. The molecule has 3 aliphatic carbocycles. The van der Waals surface area contributed by atoms with Crippen LogP contribution in [-0.4, -0.2) is 0 Å². The summed E-state index contributed by atoms with van der Waals surface area (Å²) in [4.78, 5) is 0. The molecule has 0 heterocycles. The maximum atomic E-state index is 4.28. The zero-order chi connectivity index (χ0) is 18.6. The van der Waals surface area contributed by atoms with Crippen LogP contribution < -0.4 is 0 Å². The van der Waals surface area contributed by atoms with Crippen molar-refractivity contribution in [3.63, 3.8) is 0 Å². The molecule has 0 aromatic heterocycles. The van der Waals surface area contributed by atoms with Crippen molar-refractivity contribution in [3.8, 4) is 0 Å². The fourth-order valence-corrected chi connectivity index (χ4v) is 7.95. The highest BCUT2D eigenvalue weighted by Gasteiger charge is 2.62. The first-order valence-electron chi connectivity index (χ1n) is 10.9. The van der Waals surface area contributed by atoms with Crippen LogP contribution >= 0.6 is 0 Å². The van der Waals surface area contributed by atoms with Gasteiger partial charge in [0.05, 0.1) is 0 Å². The van der Waals surface area contributed by atoms with Gasteiger partial charge < -0.3 is 0 Å². The van der Waals surface area contributed by atoms with Crippen molar-refractivity contribution in [2.24, 2.45) is 45.8 Å². The molecule has 0 heteroatoms. The molecule has 3 saturated carbocycles. The molecule has 0 aliphatic heterocycles. The Morgan fingerprint density at radius 3 is 2.20 bits per heavy atom. The van der Waals surface area contributed by atoms with Crippen LogP contribution in [0.15, 0.2) is 24.8 Å². The predicted molar refractivity (Wildman–Crippen MR) is 110 cm³/mol. The highest BCUT2D eigenvalue weighted by atomic mass is 14.7. The van der Waals surface area contributed by atoms with Gasteiger partial charge in [-0.25, -0.2) is 0 Å². The Kier molecular flexibility index (Phi) is 4.83. The SMILES string of the molecule is C=CC(=C)CC1C(C)CCC2C1(C)CCC1C(C)(C)C(C)CCC12C. The van der Waals surface area contributed by atoms with Crippen LogP contribution in [0.1, 0.15) is 86.5 Å². The molecule has 7 atom stereocenters. The van der Waals surface area contributed by atoms with E-state index in [1.807, 2.05) is 6.08 Å². The van der Waals surface area contributed by atoms with Crippen LogP contribution in [0.2, 0.25) is 0 Å². The van der Waals surface area contributed by atoms with Gasteiger partial charge in [0.15, 0.2) is 0 Å². The van der Waals surface area contributed by atoms with Gasteiger partial charge in [0.2, 0.25) is 0 Å². The average molecular weight is 343 g/mol. The zero-order valence-corrected chi connectivity index (χ0v) is 17.8. The lowest BCUT2D eigenvalue weighted by Gasteiger charge is -2.67. The van der Waals surface area contributed by atoms with Crippen LogP contribution in [0.4, 0.5) is 0 Å². The molecule has 0 aromatic rings. The fourth-order valence-electron chi connectivity index (χ4n) is 7.95. The van der Waals surface area contributed by atoms with E-state index in [4.69, 9.17) is 0 Å². The molecule has 0 radical (unpaired) electrons. The summed E-state index contributed by atoms with van der Waals surface area (Å²) < 4.78 is 0. The summed E-state index contributed by atoms with van der Waals surface area (Å²) in [5, 5.41) is 0. The summed E-state index contributed by atoms with van der Waals surface area (Å²) in [7, 11) is 0. The van der Waals surface area contributed by atoms with Gasteiger partial charge in [-0.1, -0.05) is 72.8 Å². The second-order valence-corrected chi connectivity index (χ2v) is 11.1. The Bertz CT molecular complexity index is 540. The molecule has 0 spiro atoms. The number of hydrogen-bond acceptors (Lipinski definition) is 0. The molecular weight excluding hydrogens is 300 g/mol. The molecule has 0 amide bonds. The monoisotopic (exact) mass is 342 g/mol. The predicted octanol–water partition coefficient (Wildman–Crippen LogP) is 7.66. The third kappa shape index (κ3) is 2.78. The molecule has 0 aromatic carbocycles. The first-order chi connectivity index (χ1) is 11.6. The normalized spacial score (nSPS) is 49.0. The number of allylic oxidation sites excluding steroid dienone is 2. The molecule has 0 nitrogen and oxygen atoms in total. The molecule has 0 saturated heterocycles. The minimum Gasteiger partial charge on any atom is -0.0988 e. The van der Waals surface area contributed by atoms with Gasteiger partial charge in [-0.3, -0.25) is 0 Å². The summed E-state index contributed by atoms with van der Waals surface area (Å²) in [6.45, 7) is 23.8. The molecule has 25 heavy (non-hydrogen) atoms. The number of hydrogen-bond donors (Lipinski definition) is 0. The third-order valence-corrected chi connectivity index (χ3v) is 9.86. The van der Waals surface area contributed by atoms with Gasteiger partial charge in [0.25, 0.3) is 0 Å². The highest BCUT2D eigenvalue weighted by Crippen LogP contribution is 2.70. The molecule has 7 unspecified atom stereocenters. The lowest BCUT2D eigenvalue weighted by molar-refractivity contribution is -0.184. The van der Waals surface area contributed by atoms with Crippen LogP contribution in [0.5, 0.6) is 0 Å².